The Balaban J connectivity index is 1.92. The van der Waals surface area contributed by atoms with Gasteiger partial charge in [-0.25, -0.2) is 9.97 Å². The maximum absolute atomic E-state index is 6.00. The lowest BCUT2D eigenvalue weighted by molar-refractivity contribution is 0.899. The molecule has 1 aromatic heterocycles. The maximum atomic E-state index is 6.00. The molecule has 1 aromatic rings. The molecule has 1 unspecified atom stereocenters. The van der Waals surface area contributed by atoms with E-state index in [-0.39, 0.29) is 0 Å². The number of hydrogen-bond donors (Lipinski definition) is 1. The first kappa shape index (κ1) is 11.0. The van der Waals surface area contributed by atoms with Crippen LogP contribution in [0.25, 0.3) is 0 Å². The van der Waals surface area contributed by atoms with E-state index in [9.17, 15) is 0 Å². The number of thioether (sulfide) groups is 3. The van der Waals surface area contributed by atoms with Gasteiger partial charge in [-0.05, 0) is 0 Å². The Kier molecular flexibility index (Phi) is 3.22. The molecule has 0 aliphatic carbocycles. The van der Waals surface area contributed by atoms with Crippen LogP contribution in [0.4, 0.5) is 5.82 Å². The Hall–Kier alpha value is -0.0700. The normalized spacial score (nSPS) is 24.4. The van der Waals surface area contributed by atoms with Gasteiger partial charge in [-0.1, -0.05) is 0 Å². The molecule has 0 saturated carbocycles. The fraction of sp³-hybridized carbons (Fsp3) is 0.600. The average Bonchev–Trinajstić information content (AvgIpc) is 2.79. The van der Waals surface area contributed by atoms with Gasteiger partial charge in [-0.15, -0.1) is 11.8 Å². The van der Waals surface area contributed by atoms with Crippen molar-refractivity contribution in [2.24, 2.45) is 0 Å². The van der Waals surface area contributed by atoms with Gasteiger partial charge in [0.25, 0.3) is 0 Å². The summed E-state index contributed by atoms with van der Waals surface area (Å²) in [6, 6.07) is 0. The molecule has 0 radical (unpaired) electrons. The second-order valence-corrected chi connectivity index (χ2v) is 7.27. The van der Waals surface area contributed by atoms with Crippen molar-refractivity contribution < 1.29 is 0 Å². The van der Waals surface area contributed by atoms with Crippen LogP contribution in [-0.4, -0.2) is 27.2 Å². The van der Waals surface area contributed by atoms with Gasteiger partial charge in [-0.2, -0.15) is 23.5 Å². The smallest absolute Gasteiger partial charge is 0.144 e. The highest BCUT2D eigenvalue weighted by Gasteiger charge is 2.24. The Bertz CT molecular complexity index is 405. The minimum Gasteiger partial charge on any atom is -0.383 e. The van der Waals surface area contributed by atoms with Crippen molar-refractivity contribution in [1.29, 1.82) is 0 Å². The summed E-state index contributed by atoms with van der Waals surface area (Å²) in [5.41, 5.74) is 8.34. The molecule has 86 valence electrons. The summed E-state index contributed by atoms with van der Waals surface area (Å²) in [7, 11) is 0. The van der Waals surface area contributed by atoms with E-state index in [1.807, 2.05) is 35.3 Å². The van der Waals surface area contributed by atoms with Gasteiger partial charge in [0.2, 0.25) is 0 Å². The van der Waals surface area contributed by atoms with Gasteiger partial charge in [0.05, 0.1) is 10.9 Å². The number of nitrogen functional groups attached to an aromatic ring is 1. The van der Waals surface area contributed by atoms with Crippen LogP contribution in [0.1, 0.15) is 22.3 Å². The molecule has 0 bridgehead atoms. The predicted octanol–water partition coefficient (Wildman–Crippen LogP) is 2.33. The minimum atomic E-state index is 0.442. The molecule has 1 atom stereocenters. The molecule has 1 fully saturated rings. The molecule has 3 rings (SSSR count). The Labute approximate surface area is 108 Å². The second-order valence-electron chi connectivity index (χ2n) is 3.82. The van der Waals surface area contributed by atoms with Gasteiger partial charge < -0.3 is 5.73 Å². The van der Waals surface area contributed by atoms with Gasteiger partial charge in [0.1, 0.15) is 11.6 Å². The number of aromatic nitrogens is 2. The minimum absolute atomic E-state index is 0.442. The first-order chi connectivity index (χ1) is 7.84. The summed E-state index contributed by atoms with van der Waals surface area (Å²) in [5.74, 6) is 7.21. The number of nitrogens with two attached hydrogens (primary N) is 1. The lowest BCUT2D eigenvalue weighted by Gasteiger charge is -2.20. The van der Waals surface area contributed by atoms with Crippen LogP contribution in [-0.2, 0) is 11.5 Å². The third-order valence-electron chi connectivity index (χ3n) is 2.73. The zero-order chi connectivity index (χ0) is 11.0. The molecule has 3 nitrogen and oxygen atoms in total. The van der Waals surface area contributed by atoms with Crippen LogP contribution in [0.15, 0.2) is 0 Å². The second kappa shape index (κ2) is 4.66. The maximum Gasteiger partial charge on any atom is 0.144 e. The zero-order valence-corrected chi connectivity index (χ0v) is 11.3. The highest BCUT2D eigenvalue weighted by molar-refractivity contribution is 8.06. The van der Waals surface area contributed by atoms with Crippen LogP contribution in [0.3, 0.4) is 0 Å². The van der Waals surface area contributed by atoms with E-state index in [4.69, 9.17) is 10.7 Å². The van der Waals surface area contributed by atoms with Crippen molar-refractivity contribution in [1.82, 2.24) is 9.97 Å². The first-order valence-electron chi connectivity index (χ1n) is 5.27. The van der Waals surface area contributed by atoms with Gasteiger partial charge >= 0.3 is 0 Å². The summed E-state index contributed by atoms with van der Waals surface area (Å²) < 4.78 is 0. The lowest BCUT2D eigenvalue weighted by atomic mass is 10.2. The van der Waals surface area contributed by atoms with Crippen LogP contribution >= 0.6 is 35.3 Å². The standard InChI is InChI=1S/C10H13N3S3/c11-9-6-3-15-4-7(6)12-10(13-9)8-5-14-1-2-16-8/h8H,1-5H2,(H2,11,12,13). The molecule has 0 spiro atoms. The van der Waals surface area contributed by atoms with Gasteiger partial charge in [-0.3, -0.25) is 0 Å². The fourth-order valence-electron chi connectivity index (χ4n) is 1.88. The molecule has 1 saturated heterocycles. The largest absolute Gasteiger partial charge is 0.383 e. The number of anilines is 1. The molecular formula is C10H13N3S3. The van der Waals surface area contributed by atoms with E-state index < -0.39 is 0 Å². The molecule has 0 amide bonds. The molecule has 2 aliphatic heterocycles. The van der Waals surface area contributed by atoms with E-state index in [0.717, 1.165) is 23.1 Å². The summed E-state index contributed by atoms with van der Waals surface area (Å²) in [6.45, 7) is 0. The van der Waals surface area contributed by atoms with Crippen LogP contribution < -0.4 is 5.73 Å². The van der Waals surface area contributed by atoms with Gasteiger partial charge in [0, 0.05) is 34.3 Å². The van der Waals surface area contributed by atoms with Gasteiger partial charge in [0.15, 0.2) is 0 Å². The molecule has 16 heavy (non-hydrogen) atoms. The monoisotopic (exact) mass is 271 g/mol. The van der Waals surface area contributed by atoms with E-state index in [1.165, 1.54) is 22.8 Å². The average molecular weight is 271 g/mol. The number of rotatable bonds is 1. The van der Waals surface area contributed by atoms with E-state index >= 15 is 0 Å². The quantitative estimate of drug-likeness (QED) is 0.846. The van der Waals surface area contributed by atoms with Crippen molar-refractivity contribution in [2.75, 3.05) is 23.0 Å². The molecule has 0 aromatic carbocycles. The topological polar surface area (TPSA) is 51.8 Å². The Morgan fingerprint density at radius 2 is 2.06 bits per heavy atom. The molecule has 3 heterocycles. The predicted molar refractivity (Wildman–Crippen MR) is 74.0 cm³/mol. The van der Waals surface area contributed by atoms with Crippen molar-refractivity contribution >= 4 is 41.1 Å². The lowest BCUT2D eigenvalue weighted by Crippen LogP contribution is -2.13. The molecular weight excluding hydrogens is 258 g/mol. The first-order valence-corrected chi connectivity index (χ1v) is 8.62. The van der Waals surface area contributed by atoms with E-state index in [0.29, 0.717) is 11.1 Å². The van der Waals surface area contributed by atoms with Crippen molar-refractivity contribution in [2.45, 2.75) is 16.8 Å². The highest BCUT2D eigenvalue weighted by Crippen LogP contribution is 2.38. The Morgan fingerprint density at radius 1 is 1.12 bits per heavy atom. The summed E-state index contributed by atoms with van der Waals surface area (Å²) in [6.07, 6.45) is 0. The van der Waals surface area contributed by atoms with Crippen molar-refractivity contribution in [3.63, 3.8) is 0 Å². The van der Waals surface area contributed by atoms with Crippen molar-refractivity contribution in [3.05, 3.63) is 17.1 Å². The summed E-state index contributed by atoms with van der Waals surface area (Å²) >= 11 is 5.83. The number of hydrogen-bond acceptors (Lipinski definition) is 6. The third kappa shape index (κ3) is 2.02. The molecule has 6 heteroatoms. The molecule has 2 N–H and O–H groups in total. The van der Waals surface area contributed by atoms with Crippen LogP contribution in [0.2, 0.25) is 0 Å². The van der Waals surface area contributed by atoms with Crippen LogP contribution in [0, 0.1) is 0 Å². The summed E-state index contributed by atoms with van der Waals surface area (Å²) in [4.78, 5) is 9.18. The SMILES string of the molecule is Nc1nc(C2CSCCS2)nc2c1CSC2. The number of nitrogens with zero attached hydrogens (tertiary/aromatic N) is 2. The third-order valence-corrected chi connectivity index (χ3v) is 6.45. The zero-order valence-electron chi connectivity index (χ0n) is 8.81. The fourth-order valence-corrected chi connectivity index (χ4v) is 5.53. The summed E-state index contributed by atoms with van der Waals surface area (Å²) in [5, 5.41) is 0.442. The molecule has 2 aliphatic rings. The van der Waals surface area contributed by atoms with E-state index in [2.05, 4.69) is 4.98 Å². The van der Waals surface area contributed by atoms with Crippen molar-refractivity contribution in [3.8, 4) is 0 Å². The van der Waals surface area contributed by atoms with E-state index in [1.54, 1.807) is 0 Å². The van der Waals surface area contributed by atoms with Crippen LogP contribution in [0.5, 0.6) is 0 Å². The highest BCUT2D eigenvalue weighted by atomic mass is 32.2. The Morgan fingerprint density at radius 3 is 2.88 bits per heavy atom. The number of fused-ring (bicyclic) bond motifs is 1.